The molecular formula is C34H38F3N3O4. The molecule has 0 radical (unpaired) electrons. The van der Waals surface area contributed by atoms with Crippen molar-refractivity contribution in [3.63, 3.8) is 0 Å². The lowest BCUT2D eigenvalue weighted by Crippen LogP contribution is -2.34. The number of halogens is 3. The predicted molar refractivity (Wildman–Crippen MR) is 163 cm³/mol. The highest BCUT2D eigenvalue weighted by Crippen LogP contribution is 2.35. The van der Waals surface area contributed by atoms with Crippen LogP contribution in [0.2, 0.25) is 0 Å². The maximum absolute atomic E-state index is 13.6. The molecule has 0 spiro atoms. The summed E-state index contributed by atoms with van der Waals surface area (Å²) >= 11 is 0. The molecule has 2 amide bonds. The summed E-state index contributed by atoms with van der Waals surface area (Å²) in [5.41, 5.74) is 3.59. The topological polar surface area (TPSA) is 79.9 Å². The third-order valence-corrected chi connectivity index (χ3v) is 7.95. The fourth-order valence-electron chi connectivity index (χ4n) is 5.66. The van der Waals surface area contributed by atoms with Gasteiger partial charge in [0.1, 0.15) is 5.60 Å². The Morgan fingerprint density at radius 2 is 1.80 bits per heavy atom. The zero-order chi connectivity index (χ0) is 31.6. The molecule has 0 bridgehead atoms. The number of hydrogen-bond acceptors (Lipinski definition) is 5. The summed E-state index contributed by atoms with van der Waals surface area (Å²) in [6.07, 6.45) is -3.26. The molecule has 5 rings (SSSR count). The fraction of sp³-hybridized carbons (Fsp3) is 0.412. The molecule has 2 N–H and O–H groups in total. The minimum atomic E-state index is -4.52. The first-order chi connectivity index (χ1) is 20.8. The minimum absolute atomic E-state index is 0.0113. The smallest absolute Gasteiger partial charge is 0.416 e. The maximum Gasteiger partial charge on any atom is 0.416 e. The number of nitrogens with one attached hydrogen (secondary N) is 2. The van der Waals surface area contributed by atoms with Gasteiger partial charge in [-0.15, -0.1) is 0 Å². The van der Waals surface area contributed by atoms with E-state index in [0.29, 0.717) is 34.9 Å². The average molecular weight is 610 g/mol. The van der Waals surface area contributed by atoms with Gasteiger partial charge in [0.25, 0.3) is 5.91 Å². The Balaban J connectivity index is 1.30. The number of alkyl halides is 3. The molecule has 3 aromatic carbocycles. The average Bonchev–Trinajstić information content (AvgIpc) is 3.64. The van der Waals surface area contributed by atoms with Crippen LogP contribution in [0.5, 0.6) is 0 Å². The first-order valence-corrected chi connectivity index (χ1v) is 14.8. The quantitative estimate of drug-likeness (QED) is 0.301. The molecule has 1 fully saturated rings. The number of fused-ring (bicyclic) bond motifs is 1. The number of rotatable bonds is 7. The molecule has 10 heteroatoms. The second kappa shape index (κ2) is 12.5. The van der Waals surface area contributed by atoms with Crippen LogP contribution >= 0.6 is 0 Å². The Morgan fingerprint density at radius 3 is 2.45 bits per heavy atom. The monoisotopic (exact) mass is 609 g/mol. The molecule has 0 aromatic heterocycles. The van der Waals surface area contributed by atoms with Crippen molar-refractivity contribution in [1.82, 2.24) is 10.6 Å². The summed E-state index contributed by atoms with van der Waals surface area (Å²) in [6.45, 7) is 9.41. The highest BCUT2D eigenvalue weighted by molar-refractivity contribution is 5.96. The molecule has 2 atom stereocenters. The molecule has 2 heterocycles. The van der Waals surface area contributed by atoms with Crippen molar-refractivity contribution >= 4 is 17.7 Å². The lowest BCUT2D eigenvalue weighted by Gasteiger charge is -2.26. The number of carbonyl (C=O) groups excluding carboxylic acids is 2. The first-order valence-electron chi connectivity index (χ1n) is 14.8. The van der Waals surface area contributed by atoms with Crippen LogP contribution in [0.15, 0.2) is 60.7 Å². The molecule has 1 saturated heterocycles. The number of alkyl carbamates (subject to hydrolysis) is 1. The van der Waals surface area contributed by atoms with E-state index in [1.807, 2.05) is 25.1 Å². The Hall–Kier alpha value is -4.05. The minimum Gasteiger partial charge on any atom is -0.444 e. The summed E-state index contributed by atoms with van der Waals surface area (Å²) in [5.74, 6) is -0.202. The van der Waals surface area contributed by atoms with E-state index in [4.69, 9.17) is 9.47 Å². The van der Waals surface area contributed by atoms with Gasteiger partial charge in [-0.3, -0.25) is 4.79 Å². The van der Waals surface area contributed by atoms with Gasteiger partial charge in [-0.2, -0.15) is 13.2 Å². The molecule has 1 unspecified atom stereocenters. The highest BCUT2D eigenvalue weighted by atomic mass is 19.4. The molecule has 0 aliphatic carbocycles. The summed E-state index contributed by atoms with van der Waals surface area (Å²) in [4.78, 5) is 27.8. The summed E-state index contributed by atoms with van der Waals surface area (Å²) in [7, 11) is 0. The van der Waals surface area contributed by atoms with Crippen LogP contribution in [0, 0.1) is 0 Å². The summed E-state index contributed by atoms with van der Waals surface area (Å²) in [5, 5.41) is 5.67. The van der Waals surface area contributed by atoms with Gasteiger partial charge < -0.3 is 25.0 Å². The molecule has 3 aromatic rings. The van der Waals surface area contributed by atoms with E-state index in [0.717, 1.165) is 49.4 Å². The zero-order valence-electron chi connectivity index (χ0n) is 25.4. The number of benzene rings is 3. The standard InChI is InChI=1S/C34H38F3N3O4/c1-21(39-31(41)25-10-9-24-13-15-40(30(24)17-25)28-14-16-43-20-28)22-5-7-23(8-6-22)29-18-27(34(35,36)37)12-11-26(29)19-38-32(42)44-33(2,3)4/h5-12,17-18,21,28H,13-16,19-20H2,1-4H3,(H,38,42)(H,39,41)/t21-,28?/m1/s1. The van der Waals surface area contributed by atoms with Crippen molar-refractivity contribution < 1.29 is 32.2 Å². The third kappa shape index (κ3) is 7.35. The Bertz CT molecular complexity index is 1510. The maximum atomic E-state index is 13.6. The largest absolute Gasteiger partial charge is 0.444 e. The van der Waals surface area contributed by atoms with E-state index < -0.39 is 23.4 Å². The molecule has 234 valence electrons. The highest BCUT2D eigenvalue weighted by Gasteiger charge is 2.32. The van der Waals surface area contributed by atoms with E-state index >= 15 is 0 Å². The Kier molecular flexibility index (Phi) is 8.92. The molecule has 2 aliphatic heterocycles. The van der Waals surface area contributed by atoms with Crippen LogP contribution in [0.3, 0.4) is 0 Å². The molecule has 2 aliphatic rings. The zero-order valence-corrected chi connectivity index (χ0v) is 25.4. The first kappa shape index (κ1) is 31.4. The van der Waals surface area contributed by atoms with Crippen LogP contribution < -0.4 is 15.5 Å². The lowest BCUT2D eigenvalue weighted by atomic mass is 9.95. The second-order valence-corrected chi connectivity index (χ2v) is 12.3. The van der Waals surface area contributed by atoms with Gasteiger partial charge in [-0.05, 0) is 92.6 Å². The third-order valence-electron chi connectivity index (χ3n) is 7.95. The van der Waals surface area contributed by atoms with Gasteiger partial charge in [0.15, 0.2) is 0 Å². The van der Waals surface area contributed by atoms with Crippen LogP contribution in [0.1, 0.15) is 72.8 Å². The normalized spacial score (nSPS) is 17.2. The SMILES string of the molecule is C[C@@H](NC(=O)c1ccc2c(c1)N(C1CCOC1)CC2)c1ccc(-c2cc(C(F)(F)F)ccc2CNC(=O)OC(C)(C)C)cc1. The van der Waals surface area contributed by atoms with Crippen LogP contribution in [-0.2, 0) is 28.6 Å². The van der Waals surface area contributed by atoms with Crippen molar-refractivity contribution in [1.29, 1.82) is 0 Å². The van der Waals surface area contributed by atoms with Gasteiger partial charge in [0.2, 0.25) is 0 Å². The van der Waals surface area contributed by atoms with Gasteiger partial charge in [0.05, 0.1) is 24.3 Å². The summed E-state index contributed by atoms with van der Waals surface area (Å²) in [6, 6.07) is 16.3. The number of amides is 2. The summed E-state index contributed by atoms with van der Waals surface area (Å²) < 4.78 is 51.6. The van der Waals surface area contributed by atoms with Gasteiger partial charge in [-0.25, -0.2) is 4.79 Å². The molecular weight excluding hydrogens is 571 g/mol. The number of anilines is 1. The molecule has 44 heavy (non-hydrogen) atoms. The van der Waals surface area contributed by atoms with Gasteiger partial charge >= 0.3 is 12.3 Å². The van der Waals surface area contributed by atoms with E-state index in [2.05, 4.69) is 15.5 Å². The second-order valence-electron chi connectivity index (χ2n) is 12.3. The van der Waals surface area contributed by atoms with Crippen LogP contribution in [-0.4, -0.2) is 43.4 Å². The van der Waals surface area contributed by atoms with E-state index in [1.54, 1.807) is 45.0 Å². The van der Waals surface area contributed by atoms with Crippen molar-refractivity contribution in [2.75, 3.05) is 24.7 Å². The van der Waals surface area contributed by atoms with Crippen molar-refractivity contribution in [2.45, 2.75) is 70.9 Å². The lowest BCUT2D eigenvalue weighted by molar-refractivity contribution is -0.137. The van der Waals surface area contributed by atoms with E-state index in [1.165, 1.54) is 11.6 Å². The van der Waals surface area contributed by atoms with Crippen LogP contribution in [0.4, 0.5) is 23.7 Å². The van der Waals surface area contributed by atoms with E-state index in [-0.39, 0.29) is 18.5 Å². The number of nitrogens with zero attached hydrogens (tertiary/aromatic N) is 1. The number of hydrogen-bond donors (Lipinski definition) is 2. The van der Waals surface area contributed by atoms with Gasteiger partial charge in [0, 0.05) is 30.9 Å². The fourth-order valence-corrected chi connectivity index (χ4v) is 5.66. The number of carbonyl (C=O) groups is 2. The van der Waals surface area contributed by atoms with Crippen molar-refractivity contribution in [2.24, 2.45) is 0 Å². The predicted octanol–water partition coefficient (Wildman–Crippen LogP) is 7.04. The van der Waals surface area contributed by atoms with Gasteiger partial charge in [-0.1, -0.05) is 36.4 Å². The van der Waals surface area contributed by atoms with E-state index in [9.17, 15) is 22.8 Å². The molecule has 0 saturated carbocycles. The Labute approximate surface area is 255 Å². The van der Waals surface area contributed by atoms with Crippen molar-refractivity contribution in [3.05, 3.63) is 88.5 Å². The van der Waals surface area contributed by atoms with Crippen molar-refractivity contribution in [3.8, 4) is 11.1 Å². The van der Waals surface area contributed by atoms with Crippen LogP contribution in [0.25, 0.3) is 11.1 Å². The molecule has 7 nitrogen and oxygen atoms in total. The Morgan fingerprint density at radius 1 is 1.05 bits per heavy atom. The number of ether oxygens (including phenoxy) is 2.